The zero-order valence-electron chi connectivity index (χ0n) is 10.4. The summed E-state index contributed by atoms with van der Waals surface area (Å²) in [5, 5.41) is 3.33. The minimum Gasteiger partial charge on any atom is -0.314 e. The molecule has 0 aromatic heterocycles. The predicted molar refractivity (Wildman–Crippen MR) is 73.7 cm³/mol. The molecular weight excluding hydrogens is 270 g/mol. The third kappa shape index (κ3) is 2.71. The first-order valence-electron chi connectivity index (χ1n) is 6.27. The molecule has 1 aromatic carbocycles. The maximum atomic E-state index is 12.5. The first-order chi connectivity index (χ1) is 8.55. The molecule has 3 nitrogen and oxygen atoms in total. The Kier molecular flexibility index (Phi) is 4.30. The fraction of sp³-hybridized carbons (Fsp3) is 0.538. The van der Waals surface area contributed by atoms with Crippen LogP contribution in [-0.2, 0) is 9.84 Å². The normalized spacial score (nSPS) is 24.3. The molecule has 0 radical (unpaired) electrons. The maximum absolute atomic E-state index is 12.5. The molecule has 5 heteroatoms. The number of rotatable bonds is 4. The van der Waals surface area contributed by atoms with Crippen LogP contribution >= 0.6 is 11.6 Å². The largest absolute Gasteiger partial charge is 0.314 e. The number of halogens is 1. The summed E-state index contributed by atoms with van der Waals surface area (Å²) in [5.41, 5.74) is 0. The highest BCUT2D eigenvalue weighted by molar-refractivity contribution is 7.92. The molecular formula is C13H18ClNO2S. The van der Waals surface area contributed by atoms with Crippen molar-refractivity contribution in [3.05, 3.63) is 29.3 Å². The molecule has 1 aromatic rings. The van der Waals surface area contributed by atoms with Crippen molar-refractivity contribution in [2.75, 3.05) is 6.54 Å². The second kappa shape index (κ2) is 5.59. The third-order valence-electron chi connectivity index (χ3n) is 3.46. The minimum absolute atomic E-state index is 0.272. The summed E-state index contributed by atoms with van der Waals surface area (Å²) < 4.78 is 25.0. The molecule has 2 atom stereocenters. The van der Waals surface area contributed by atoms with E-state index >= 15 is 0 Å². The average molecular weight is 288 g/mol. The van der Waals surface area contributed by atoms with Gasteiger partial charge in [-0.05, 0) is 37.9 Å². The van der Waals surface area contributed by atoms with E-state index < -0.39 is 9.84 Å². The Morgan fingerprint density at radius 3 is 2.72 bits per heavy atom. The van der Waals surface area contributed by atoms with Gasteiger partial charge in [-0.1, -0.05) is 30.7 Å². The molecule has 1 aliphatic rings. The van der Waals surface area contributed by atoms with E-state index in [1.54, 1.807) is 24.3 Å². The summed E-state index contributed by atoms with van der Waals surface area (Å²) in [7, 11) is -3.29. The summed E-state index contributed by atoms with van der Waals surface area (Å²) in [6.45, 7) is 2.92. The summed E-state index contributed by atoms with van der Waals surface area (Å²) in [6, 6.07) is 7.01. The highest BCUT2D eigenvalue weighted by Gasteiger charge is 2.35. The second-order valence-electron chi connectivity index (χ2n) is 4.67. The Balaban J connectivity index is 2.21. The van der Waals surface area contributed by atoms with Crippen molar-refractivity contribution in [3.8, 4) is 0 Å². The molecule has 18 heavy (non-hydrogen) atoms. The van der Waals surface area contributed by atoms with Gasteiger partial charge in [-0.2, -0.15) is 0 Å². The Morgan fingerprint density at radius 1 is 1.33 bits per heavy atom. The van der Waals surface area contributed by atoms with Crippen molar-refractivity contribution in [2.45, 2.75) is 42.4 Å². The summed E-state index contributed by atoms with van der Waals surface area (Å²) in [6.07, 6.45) is 2.31. The summed E-state index contributed by atoms with van der Waals surface area (Å²) >= 11 is 5.99. The molecule has 0 bridgehead atoms. The quantitative estimate of drug-likeness (QED) is 0.926. The Morgan fingerprint density at radius 2 is 2.06 bits per heavy atom. The smallest absolute Gasteiger partial charge is 0.182 e. The molecule has 1 aliphatic carbocycles. The van der Waals surface area contributed by atoms with Crippen LogP contribution < -0.4 is 5.32 Å². The van der Waals surface area contributed by atoms with Crippen LogP contribution in [0.25, 0.3) is 0 Å². The van der Waals surface area contributed by atoms with Crippen LogP contribution in [0.2, 0.25) is 5.02 Å². The van der Waals surface area contributed by atoms with Gasteiger partial charge in [0.2, 0.25) is 0 Å². The molecule has 0 heterocycles. The molecule has 0 spiro atoms. The minimum atomic E-state index is -3.29. The van der Waals surface area contributed by atoms with Gasteiger partial charge in [-0.15, -0.1) is 0 Å². The van der Waals surface area contributed by atoms with Gasteiger partial charge in [0, 0.05) is 6.04 Å². The Labute approximate surface area is 113 Å². The SMILES string of the molecule is CCNC1CCC(S(=O)(=O)c2ccccc2Cl)C1. The van der Waals surface area contributed by atoms with E-state index in [0.29, 0.717) is 23.9 Å². The molecule has 0 saturated heterocycles. The predicted octanol–water partition coefficient (Wildman–Crippen LogP) is 2.64. The van der Waals surface area contributed by atoms with Gasteiger partial charge >= 0.3 is 0 Å². The topological polar surface area (TPSA) is 46.2 Å². The molecule has 2 unspecified atom stereocenters. The number of hydrogen-bond acceptors (Lipinski definition) is 3. The van der Waals surface area contributed by atoms with E-state index in [9.17, 15) is 8.42 Å². The molecule has 1 fully saturated rings. The maximum Gasteiger partial charge on any atom is 0.182 e. The van der Waals surface area contributed by atoms with Crippen molar-refractivity contribution in [3.63, 3.8) is 0 Å². The number of sulfone groups is 1. The van der Waals surface area contributed by atoms with E-state index in [-0.39, 0.29) is 10.1 Å². The van der Waals surface area contributed by atoms with Crippen LogP contribution in [0.15, 0.2) is 29.2 Å². The highest BCUT2D eigenvalue weighted by Crippen LogP contribution is 2.32. The Hall–Kier alpha value is -0.580. The van der Waals surface area contributed by atoms with Crippen LogP contribution in [0.4, 0.5) is 0 Å². The van der Waals surface area contributed by atoms with Crippen LogP contribution in [0.5, 0.6) is 0 Å². The highest BCUT2D eigenvalue weighted by atomic mass is 35.5. The number of hydrogen-bond donors (Lipinski definition) is 1. The van der Waals surface area contributed by atoms with Crippen LogP contribution in [0.1, 0.15) is 26.2 Å². The lowest BCUT2D eigenvalue weighted by atomic mass is 10.2. The van der Waals surface area contributed by atoms with Gasteiger partial charge in [0.1, 0.15) is 0 Å². The summed E-state index contributed by atoms with van der Waals surface area (Å²) in [4.78, 5) is 0.272. The molecule has 100 valence electrons. The zero-order chi connectivity index (χ0) is 13.2. The summed E-state index contributed by atoms with van der Waals surface area (Å²) in [5.74, 6) is 0. The number of benzene rings is 1. The molecule has 1 N–H and O–H groups in total. The van der Waals surface area contributed by atoms with E-state index in [1.807, 2.05) is 6.92 Å². The third-order valence-corrected chi connectivity index (χ3v) is 6.18. The lowest BCUT2D eigenvalue weighted by Crippen LogP contribution is -2.28. The van der Waals surface area contributed by atoms with Gasteiger partial charge in [0.05, 0.1) is 15.2 Å². The van der Waals surface area contributed by atoms with Gasteiger partial charge < -0.3 is 5.32 Å². The van der Waals surface area contributed by atoms with E-state index in [1.165, 1.54) is 0 Å². The van der Waals surface area contributed by atoms with Crippen molar-refractivity contribution in [2.24, 2.45) is 0 Å². The standard InChI is InChI=1S/C13H18ClNO2S/c1-2-15-10-7-8-11(9-10)18(16,17)13-6-4-3-5-12(13)14/h3-6,10-11,15H,2,7-9H2,1H3. The van der Waals surface area contributed by atoms with Gasteiger partial charge in [-0.25, -0.2) is 8.42 Å². The fourth-order valence-electron chi connectivity index (χ4n) is 2.55. The van der Waals surface area contributed by atoms with E-state index in [0.717, 1.165) is 13.0 Å². The van der Waals surface area contributed by atoms with Crippen molar-refractivity contribution in [1.82, 2.24) is 5.32 Å². The number of nitrogens with one attached hydrogen (secondary N) is 1. The lowest BCUT2D eigenvalue weighted by Gasteiger charge is -2.14. The fourth-order valence-corrected chi connectivity index (χ4v) is 4.91. The monoisotopic (exact) mass is 287 g/mol. The van der Waals surface area contributed by atoms with Crippen LogP contribution in [0, 0.1) is 0 Å². The molecule has 0 aliphatic heterocycles. The van der Waals surface area contributed by atoms with Crippen molar-refractivity contribution >= 4 is 21.4 Å². The van der Waals surface area contributed by atoms with Crippen LogP contribution in [0.3, 0.4) is 0 Å². The second-order valence-corrected chi connectivity index (χ2v) is 7.27. The first kappa shape index (κ1) is 13.8. The van der Waals surface area contributed by atoms with Crippen molar-refractivity contribution in [1.29, 1.82) is 0 Å². The average Bonchev–Trinajstić information content (AvgIpc) is 2.79. The van der Waals surface area contributed by atoms with E-state index in [2.05, 4.69) is 5.32 Å². The Bertz CT molecular complexity index is 515. The lowest BCUT2D eigenvalue weighted by molar-refractivity contribution is 0.537. The van der Waals surface area contributed by atoms with E-state index in [4.69, 9.17) is 11.6 Å². The molecule has 0 amide bonds. The van der Waals surface area contributed by atoms with Gasteiger partial charge in [0.15, 0.2) is 9.84 Å². The van der Waals surface area contributed by atoms with Crippen molar-refractivity contribution < 1.29 is 8.42 Å². The molecule has 1 saturated carbocycles. The van der Waals surface area contributed by atoms with Gasteiger partial charge in [-0.3, -0.25) is 0 Å². The van der Waals surface area contributed by atoms with Crippen LogP contribution in [-0.4, -0.2) is 26.3 Å². The molecule has 2 rings (SSSR count). The first-order valence-corrected chi connectivity index (χ1v) is 8.20. The van der Waals surface area contributed by atoms with Gasteiger partial charge in [0.25, 0.3) is 0 Å². The zero-order valence-corrected chi connectivity index (χ0v) is 12.0.